The van der Waals surface area contributed by atoms with Crippen molar-refractivity contribution in [3.8, 4) is 0 Å². The summed E-state index contributed by atoms with van der Waals surface area (Å²) in [4.78, 5) is 35.9. The van der Waals surface area contributed by atoms with E-state index < -0.39 is 24.0 Å². The molecule has 0 bridgehead atoms. The van der Waals surface area contributed by atoms with Crippen molar-refractivity contribution < 1.29 is 19.1 Å². The van der Waals surface area contributed by atoms with Crippen LogP contribution in [0.1, 0.15) is 37.4 Å². The molecule has 0 spiro atoms. The lowest BCUT2D eigenvalue weighted by Crippen LogP contribution is -2.33. The summed E-state index contributed by atoms with van der Waals surface area (Å²) >= 11 is 0. The Morgan fingerprint density at radius 2 is 1.63 bits per heavy atom. The Morgan fingerprint density at radius 3 is 2.22 bits per heavy atom. The molecule has 2 aromatic rings. The van der Waals surface area contributed by atoms with Crippen LogP contribution in [0.5, 0.6) is 0 Å². The minimum atomic E-state index is -0.950. The first-order valence-corrected chi connectivity index (χ1v) is 8.74. The van der Waals surface area contributed by atoms with Gasteiger partial charge in [-0.05, 0) is 31.5 Å². The molecule has 0 aromatic heterocycles. The zero-order valence-electron chi connectivity index (χ0n) is 15.7. The third-order valence-electron chi connectivity index (χ3n) is 3.95. The van der Waals surface area contributed by atoms with Crippen LogP contribution < -0.4 is 10.6 Å². The molecule has 0 saturated heterocycles. The second-order valence-electron chi connectivity index (χ2n) is 6.36. The summed E-state index contributed by atoms with van der Waals surface area (Å²) in [5, 5.41) is 5.43. The standard InChI is InChI=1S/C21H24N2O4/c1-14-9-11-17(12-10-14)19(22-16(3)24)13-20(25)27-15(2)21(26)23-18-7-5-4-6-8-18/h4-12,15,19H,13H2,1-3H3,(H,22,24)(H,23,26). The van der Waals surface area contributed by atoms with E-state index in [2.05, 4.69) is 10.6 Å². The number of benzene rings is 2. The van der Waals surface area contributed by atoms with Crippen molar-refractivity contribution in [2.24, 2.45) is 0 Å². The van der Waals surface area contributed by atoms with Crippen molar-refractivity contribution in [2.75, 3.05) is 5.32 Å². The Bertz CT molecular complexity index is 788. The van der Waals surface area contributed by atoms with Crippen molar-refractivity contribution in [3.05, 3.63) is 65.7 Å². The Labute approximate surface area is 158 Å². The molecule has 2 unspecified atom stereocenters. The van der Waals surface area contributed by atoms with Gasteiger partial charge in [0.2, 0.25) is 5.91 Å². The van der Waals surface area contributed by atoms with Gasteiger partial charge in [-0.1, -0.05) is 48.0 Å². The summed E-state index contributed by atoms with van der Waals surface area (Å²) in [5.41, 5.74) is 2.50. The fourth-order valence-corrected chi connectivity index (χ4v) is 2.53. The van der Waals surface area contributed by atoms with Crippen molar-refractivity contribution >= 4 is 23.5 Å². The van der Waals surface area contributed by atoms with Gasteiger partial charge < -0.3 is 15.4 Å². The van der Waals surface area contributed by atoms with E-state index >= 15 is 0 Å². The highest BCUT2D eigenvalue weighted by atomic mass is 16.5. The van der Waals surface area contributed by atoms with E-state index in [-0.39, 0.29) is 12.3 Å². The van der Waals surface area contributed by atoms with Crippen molar-refractivity contribution in [1.29, 1.82) is 0 Å². The highest BCUT2D eigenvalue weighted by molar-refractivity contribution is 5.95. The fourth-order valence-electron chi connectivity index (χ4n) is 2.53. The van der Waals surface area contributed by atoms with Gasteiger partial charge >= 0.3 is 5.97 Å². The van der Waals surface area contributed by atoms with Crippen molar-refractivity contribution in [1.82, 2.24) is 5.32 Å². The number of aryl methyl sites for hydroxylation is 1. The second-order valence-corrected chi connectivity index (χ2v) is 6.36. The molecule has 2 rings (SSSR count). The number of hydrogen-bond acceptors (Lipinski definition) is 4. The minimum Gasteiger partial charge on any atom is -0.452 e. The zero-order valence-corrected chi connectivity index (χ0v) is 15.7. The molecule has 6 heteroatoms. The Balaban J connectivity index is 1.96. The molecule has 6 nitrogen and oxygen atoms in total. The average molecular weight is 368 g/mol. The summed E-state index contributed by atoms with van der Waals surface area (Å²) < 4.78 is 5.24. The summed E-state index contributed by atoms with van der Waals surface area (Å²) in [7, 11) is 0. The molecular weight excluding hydrogens is 344 g/mol. The lowest BCUT2D eigenvalue weighted by atomic mass is 10.0. The molecule has 2 N–H and O–H groups in total. The lowest BCUT2D eigenvalue weighted by Gasteiger charge is -2.19. The normalized spacial score (nSPS) is 12.6. The molecule has 0 aliphatic rings. The maximum absolute atomic E-state index is 12.3. The van der Waals surface area contributed by atoms with E-state index in [1.165, 1.54) is 13.8 Å². The number of hydrogen-bond donors (Lipinski definition) is 2. The Kier molecular flexibility index (Phi) is 7.11. The van der Waals surface area contributed by atoms with Crippen molar-refractivity contribution in [2.45, 2.75) is 39.3 Å². The van der Waals surface area contributed by atoms with Gasteiger partial charge in [0.05, 0.1) is 12.5 Å². The number of para-hydroxylation sites is 1. The topological polar surface area (TPSA) is 84.5 Å². The third-order valence-corrected chi connectivity index (χ3v) is 3.95. The van der Waals surface area contributed by atoms with Crippen molar-refractivity contribution in [3.63, 3.8) is 0 Å². The summed E-state index contributed by atoms with van der Waals surface area (Å²) in [6.07, 6.45) is -1.01. The lowest BCUT2D eigenvalue weighted by molar-refractivity contribution is -0.153. The predicted molar refractivity (Wildman–Crippen MR) is 103 cm³/mol. The SMILES string of the molecule is CC(=O)NC(CC(=O)OC(C)C(=O)Nc1ccccc1)c1ccc(C)cc1. The Hall–Kier alpha value is -3.15. The Morgan fingerprint density at radius 1 is 1.00 bits per heavy atom. The van der Waals surface area contributed by atoms with Crippen LogP contribution in [0.4, 0.5) is 5.69 Å². The molecule has 0 fully saturated rings. The van der Waals surface area contributed by atoms with Crippen LogP contribution in [0.15, 0.2) is 54.6 Å². The second kappa shape index (κ2) is 9.52. The van der Waals surface area contributed by atoms with E-state index in [4.69, 9.17) is 4.74 Å². The molecule has 0 aliphatic carbocycles. The number of rotatable bonds is 7. The largest absolute Gasteiger partial charge is 0.452 e. The predicted octanol–water partition coefficient (Wildman–Crippen LogP) is 3.13. The molecule has 2 amide bonds. The van der Waals surface area contributed by atoms with Crippen LogP contribution in [-0.2, 0) is 19.1 Å². The van der Waals surface area contributed by atoms with Gasteiger partial charge in [0.15, 0.2) is 6.10 Å². The number of ether oxygens (including phenoxy) is 1. The van der Waals surface area contributed by atoms with Crippen LogP contribution in [0.2, 0.25) is 0 Å². The van der Waals surface area contributed by atoms with Gasteiger partial charge in [0.25, 0.3) is 5.91 Å². The van der Waals surface area contributed by atoms with E-state index in [0.717, 1.165) is 11.1 Å². The first kappa shape index (κ1) is 20.2. The highest BCUT2D eigenvalue weighted by Crippen LogP contribution is 2.19. The molecule has 0 aliphatic heterocycles. The third kappa shape index (κ3) is 6.58. The smallest absolute Gasteiger partial charge is 0.309 e. The number of amides is 2. The van der Waals surface area contributed by atoms with Crippen LogP contribution in [-0.4, -0.2) is 23.9 Å². The number of carbonyl (C=O) groups excluding carboxylic acids is 3. The molecule has 2 aromatic carbocycles. The van der Waals surface area contributed by atoms with E-state index in [0.29, 0.717) is 5.69 Å². The minimum absolute atomic E-state index is 0.0639. The van der Waals surface area contributed by atoms with Gasteiger partial charge in [0.1, 0.15) is 0 Å². The van der Waals surface area contributed by atoms with Crippen LogP contribution >= 0.6 is 0 Å². The van der Waals surface area contributed by atoms with E-state index in [1.54, 1.807) is 24.3 Å². The highest BCUT2D eigenvalue weighted by Gasteiger charge is 2.22. The number of nitrogens with one attached hydrogen (secondary N) is 2. The number of carbonyl (C=O) groups is 3. The summed E-state index contributed by atoms with van der Waals surface area (Å²) in [6, 6.07) is 15.9. The summed E-state index contributed by atoms with van der Waals surface area (Å²) in [6.45, 7) is 4.86. The van der Waals surface area contributed by atoms with E-state index in [9.17, 15) is 14.4 Å². The quantitative estimate of drug-likeness (QED) is 0.736. The monoisotopic (exact) mass is 368 g/mol. The first-order valence-electron chi connectivity index (χ1n) is 8.74. The fraction of sp³-hybridized carbons (Fsp3) is 0.286. The molecule has 142 valence electrons. The van der Waals surface area contributed by atoms with Crippen LogP contribution in [0, 0.1) is 6.92 Å². The summed E-state index contributed by atoms with van der Waals surface area (Å²) in [5.74, 6) is -1.23. The van der Waals surface area contributed by atoms with Gasteiger partial charge in [0, 0.05) is 12.6 Å². The molecule has 0 saturated carbocycles. The molecular formula is C21H24N2O4. The maximum Gasteiger partial charge on any atom is 0.309 e. The molecule has 0 radical (unpaired) electrons. The average Bonchev–Trinajstić information content (AvgIpc) is 2.62. The maximum atomic E-state index is 12.3. The van der Waals surface area contributed by atoms with Gasteiger partial charge in [-0.15, -0.1) is 0 Å². The first-order chi connectivity index (χ1) is 12.8. The number of anilines is 1. The number of esters is 1. The molecule has 0 heterocycles. The molecule has 27 heavy (non-hydrogen) atoms. The van der Waals surface area contributed by atoms with Crippen LogP contribution in [0.25, 0.3) is 0 Å². The van der Waals surface area contributed by atoms with Gasteiger partial charge in [-0.25, -0.2) is 0 Å². The molecule has 2 atom stereocenters. The zero-order chi connectivity index (χ0) is 19.8. The van der Waals surface area contributed by atoms with Gasteiger partial charge in [-0.3, -0.25) is 14.4 Å². The van der Waals surface area contributed by atoms with E-state index in [1.807, 2.05) is 37.3 Å². The van der Waals surface area contributed by atoms with Gasteiger partial charge in [-0.2, -0.15) is 0 Å². The van der Waals surface area contributed by atoms with Crippen LogP contribution in [0.3, 0.4) is 0 Å².